The Morgan fingerprint density at radius 2 is 1.49 bits per heavy atom. The van der Waals surface area contributed by atoms with Gasteiger partial charge in [0.2, 0.25) is 0 Å². The summed E-state index contributed by atoms with van der Waals surface area (Å²) in [7, 11) is 1.78. The molecule has 0 saturated carbocycles. The Kier molecular flexibility index (Phi) is 11.0. The summed E-state index contributed by atoms with van der Waals surface area (Å²) in [5, 5.41) is 0.777. The van der Waals surface area contributed by atoms with E-state index in [4.69, 9.17) is 4.74 Å². The van der Waals surface area contributed by atoms with Crippen LogP contribution in [0.2, 0.25) is 0 Å². The standard InChI is InChI=1S/C33H37F8NO3/c1-6-7-8-9-23-10-13-26(22(4)18-23)28-19-24-11-12-25(20-27(24)42(28)5)44-16-14-30(34,35)32(38,39)33(40,41)31(36,37)15-17-45-29(43)21(2)3/h10-13,18-20H,2,6-9,14-17H2,1,3-5H3. The number of hydrogen-bond donors (Lipinski definition) is 0. The smallest absolute Gasteiger partial charge is 0.378 e. The van der Waals surface area contributed by atoms with Crippen LogP contribution >= 0.6 is 0 Å². The molecule has 3 aromatic rings. The van der Waals surface area contributed by atoms with Crippen LogP contribution in [0.1, 0.15) is 57.1 Å². The number of ether oxygens (including phenoxy) is 2. The topological polar surface area (TPSA) is 40.5 Å². The third-order valence-corrected chi connectivity index (χ3v) is 7.65. The highest BCUT2D eigenvalue weighted by Crippen LogP contribution is 2.54. The number of hydrogen-bond acceptors (Lipinski definition) is 3. The van der Waals surface area contributed by atoms with Gasteiger partial charge in [-0.1, -0.05) is 44.5 Å². The monoisotopic (exact) mass is 647 g/mol. The number of esters is 1. The molecule has 12 heteroatoms. The summed E-state index contributed by atoms with van der Waals surface area (Å²) in [5.74, 6) is -25.4. The van der Waals surface area contributed by atoms with Crippen LogP contribution in [0.15, 0.2) is 54.6 Å². The van der Waals surface area contributed by atoms with E-state index < -0.39 is 55.7 Å². The van der Waals surface area contributed by atoms with E-state index in [1.54, 1.807) is 13.1 Å². The van der Waals surface area contributed by atoms with Crippen molar-refractivity contribution in [1.29, 1.82) is 0 Å². The molecule has 0 aliphatic heterocycles. The zero-order valence-electron chi connectivity index (χ0n) is 25.6. The predicted molar refractivity (Wildman–Crippen MR) is 157 cm³/mol. The molecule has 1 aromatic heterocycles. The van der Waals surface area contributed by atoms with Crippen LogP contribution in [0.4, 0.5) is 35.1 Å². The van der Waals surface area contributed by atoms with Crippen LogP contribution in [0.5, 0.6) is 5.75 Å². The van der Waals surface area contributed by atoms with Gasteiger partial charge < -0.3 is 14.0 Å². The van der Waals surface area contributed by atoms with Crippen LogP contribution in [-0.2, 0) is 23.0 Å². The summed E-state index contributed by atoms with van der Waals surface area (Å²) in [4.78, 5) is 11.3. The summed E-state index contributed by atoms with van der Waals surface area (Å²) in [6.45, 7) is 5.85. The SMILES string of the molecule is C=C(C)C(=O)OCCC(F)(F)C(F)(F)C(F)(F)C(F)(F)CCOc1ccc2cc(-c3ccc(CCCCC)cc3C)n(C)c2c1. The molecule has 248 valence electrons. The summed E-state index contributed by atoms with van der Waals surface area (Å²) in [5.41, 5.74) is 4.50. The zero-order valence-corrected chi connectivity index (χ0v) is 25.6. The highest BCUT2D eigenvalue weighted by atomic mass is 19.4. The number of benzene rings is 2. The molecule has 3 rings (SSSR count). The largest absolute Gasteiger partial charge is 0.493 e. The van der Waals surface area contributed by atoms with Gasteiger partial charge >= 0.3 is 29.7 Å². The molecule has 0 atom stereocenters. The van der Waals surface area contributed by atoms with Crippen molar-refractivity contribution in [3.05, 3.63) is 65.7 Å². The maximum absolute atomic E-state index is 14.4. The Hall–Kier alpha value is -3.57. The van der Waals surface area contributed by atoms with E-state index in [-0.39, 0.29) is 11.3 Å². The van der Waals surface area contributed by atoms with E-state index in [0.29, 0.717) is 5.52 Å². The maximum atomic E-state index is 14.4. The van der Waals surface area contributed by atoms with E-state index in [1.165, 1.54) is 17.7 Å². The minimum atomic E-state index is -6.47. The number of unbranched alkanes of at least 4 members (excludes halogenated alkanes) is 2. The number of nitrogens with zero attached hydrogens (tertiary/aromatic N) is 1. The fraction of sp³-hybridized carbons (Fsp3) is 0.485. The average molecular weight is 648 g/mol. The van der Waals surface area contributed by atoms with Crippen molar-refractivity contribution in [2.45, 2.75) is 83.0 Å². The first-order valence-electron chi connectivity index (χ1n) is 14.5. The lowest BCUT2D eigenvalue weighted by molar-refractivity contribution is -0.368. The highest BCUT2D eigenvalue weighted by molar-refractivity contribution is 5.88. The van der Waals surface area contributed by atoms with Crippen molar-refractivity contribution in [2.24, 2.45) is 7.05 Å². The Bertz CT molecular complexity index is 1510. The molecule has 0 aliphatic rings. The van der Waals surface area contributed by atoms with E-state index >= 15 is 0 Å². The van der Waals surface area contributed by atoms with E-state index in [0.717, 1.165) is 54.8 Å². The average Bonchev–Trinajstić information content (AvgIpc) is 3.28. The molecule has 0 fully saturated rings. The van der Waals surface area contributed by atoms with E-state index in [2.05, 4.69) is 30.4 Å². The molecular formula is C33H37F8NO3. The molecule has 0 N–H and O–H groups in total. The molecule has 4 nitrogen and oxygen atoms in total. The van der Waals surface area contributed by atoms with Gasteiger partial charge in [0, 0.05) is 35.3 Å². The number of aryl methyl sites for hydroxylation is 3. The predicted octanol–water partition coefficient (Wildman–Crippen LogP) is 9.71. The normalized spacial score (nSPS) is 12.9. The Morgan fingerprint density at radius 1 is 0.867 bits per heavy atom. The highest BCUT2D eigenvalue weighted by Gasteiger charge is 2.79. The lowest BCUT2D eigenvalue weighted by atomic mass is 9.95. The van der Waals surface area contributed by atoms with Crippen LogP contribution in [0, 0.1) is 6.92 Å². The minimum Gasteiger partial charge on any atom is -0.493 e. The van der Waals surface area contributed by atoms with Crippen molar-refractivity contribution in [3.63, 3.8) is 0 Å². The Morgan fingerprint density at radius 3 is 2.07 bits per heavy atom. The number of carbonyl (C=O) groups is 1. The third-order valence-electron chi connectivity index (χ3n) is 7.65. The first-order chi connectivity index (χ1) is 20.9. The summed E-state index contributed by atoms with van der Waals surface area (Å²) >= 11 is 0. The maximum Gasteiger partial charge on any atom is 0.378 e. The van der Waals surface area contributed by atoms with Gasteiger partial charge in [0.15, 0.2) is 0 Å². The number of carbonyl (C=O) groups excluding carboxylic acids is 1. The van der Waals surface area contributed by atoms with Gasteiger partial charge in [-0.15, -0.1) is 0 Å². The quantitative estimate of drug-likeness (QED) is 0.0673. The second kappa shape index (κ2) is 13.8. The molecule has 1 heterocycles. The number of alkyl halides is 8. The lowest BCUT2D eigenvalue weighted by Crippen LogP contribution is -2.62. The van der Waals surface area contributed by atoms with Crippen molar-refractivity contribution >= 4 is 16.9 Å². The van der Waals surface area contributed by atoms with Crippen LogP contribution in [-0.4, -0.2) is 47.4 Å². The van der Waals surface area contributed by atoms with Crippen molar-refractivity contribution in [1.82, 2.24) is 4.57 Å². The molecule has 0 spiro atoms. The summed E-state index contributed by atoms with van der Waals surface area (Å²) in [6, 6.07) is 12.7. The van der Waals surface area contributed by atoms with Gasteiger partial charge in [0.25, 0.3) is 0 Å². The molecule has 0 aliphatic carbocycles. The number of aromatic nitrogens is 1. The molecule has 0 saturated heterocycles. The zero-order chi connectivity index (χ0) is 33.8. The van der Waals surface area contributed by atoms with E-state index in [9.17, 15) is 39.9 Å². The third kappa shape index (κ3) is 7.64. The van der Waals surface area contributed by atoms with Gasteiger partial charge in [-0.2, -0.15) is 35.1 Å². The van der Waals surface area contributed by atoms with Crippen LogP contribution < -0.4 is 4.74 Å². The molecule has 2 aromatic carbocycles. The van der Waals surface area contributed by atoms with Gasteiger partial charge in [0.1, 0.15) is 5.75 Å². The van der Waals surface area contributed by atoms with Crippen molar-refractivity contribution in [3.8, 4) is 17.0 Å². The molecular weight excluding hydrogens is 610 g/mol. The van der Waals surface area contributed by atoms with Crippen LogP contribution in [0.25, 0.3) is 22.2 Å². The minimum absolute atomic E-state index is 0.00576. The molecule has 0 radical (unpaired) electrons. The second-order valence-corrected chi connectivity index (χ2v) is 11.2. The summed E-state index contributed by atoms with van der Waals surface area (Å²) < 4.78 is 125. The van der Waals surface area contributed by atoms with Crippen molar-refractivity contribution < 1.29 is 49.4 Å². The molecule has 45 heavy (non-hydrogen) atoms. The number of fused-ring (bicyclic) bond motifs is 1. The van der Waals surface area contributed by atoms with Gasteiger partial charge in [-0.3, -0.25) is 0 Å². The lowest BCUT2D eigenvalue weighted by Gasteiger charge is -2.36. The van der Waals surface area contributed by atoms with E-state index in [1.807, 2.05) is 23.6 Å². The fourth-order valence-corrected chi connectivity index (χ4v) is 4.87. The fourth-order valence-electron chi connectivity index (χ4n) is 4.87. The molecule has 0 bridgehead atoms. The molecule has 0 amide bonds. The first kappa shape index (κ1) is 35.9. The Balaban J connectivity index is 1.70. The second-order valence-electron chi connectivity index (χ2n) is 11.2. The number of rotatable bonds is 16. The van der Waals surface area contributed by atoms with Gasteiger partial charge in [0.05, 0.1) is 31.6 Å². The van der Waals surface area contributed by atoms with Crippen LogP contribution in [0.3, 0.4) is 0 Å². The number of halogens is 8. The first-order valence-corrected chi connectivity index (χ1v) is 14.5. The Labute approximate surface area is 257 Å². The van der Waals surface area contributed by atoms with Gasteiger partial charge in [-0.25, -0.2) is 4.79 Å². The summed E-state index contributed by atoms with van der Waals surface area (Å²) in [6.07, 6.45) is 0.259. The van der Waals surface area contributed by atoms with Gasteiger partial charge in [-0.05, 0) is 56.0 Å². The molecule has 0 unspecified atom stereocenters. The van der Waals surface area contributed by atoms with Crippen molar-refractivity contribution in [2.75, 3.05) is 13.2 Å².